The van der Waals surface area contributed by atoms with Crippen LogP contribution in [0.2, 0.25) is 5.02 Å². The molecule has 0 fully saturated rings. The lowest BCUT2D eigenvalue weighted by Gasteiger charge is -2.10. The first-order chi connectivity index (χ1) is 11.5. The van der Waals surface area contributed by atoms with Gasteiger partial charge in [0, 0.05) is 11.6 Å². The van der Waals surface area contributed by atoms with Crippen molar-refractivity contribution in [2.75, 3.05) is 19.7 Å². The summed E-state index contributed by atoms with van der Waals surface area (Å²) in [6.07, 6.45) is 0.743. The third kappa shape index (κ3) is 6.50. The molecule has 2 rings (SSSR count). The number of hydrogen-bond acceptors (Lipinski definition) is 2. The summed E-state index contributed by atoms with van der Waals surface area (Å²) in [5, 5.41) is 6.31. The third-order valence-corrected chi connectivity index (χ3v) is 3.67. The van der Waals surface area contributed by atoms with Crippen LogP contribution >= 0.6 is 11.6 Å². The second-order valence-corrected chi connectivity index (χ2v) is 6.17. The Morgan fingerprint density at radius 3 is 2.46 bits per heavy atom. The first-order valence-corrected chi connectivity index (χ1v) is 8.38. The van der Waals surface area contributed by atoms with Crippen molar-refractivity contribution in [3.8, 4) is 5.75 Å². The summed E-state index contributed by atoms with van der Waals surface area (Å²) in [5.41, 5.74) is 3.43. The van der Waals surface area contributed by atoms with Gasteiger partial charge in [-0.3, -0.25) is 0 Å². The van der Waals surface area contributed by atoms with Crippen molar-refractivity contribution in [1.82, 2.24) is 10.6 Å². The van der Waals surface area contributed by atoms with Crippen molar-refractivity contribution in [2.24, 2.45) is 0 Å². The molecular weight excluding hydrogens is 324 g/mol. The monoisotopic (exact) mass is 346 g/mol. The summed E-state index contributed by atoms with van der Waals surface area (Å²) < 4.78 is 5.65. The summed E-state index contributed by atoms with van der Waals surface area (Å²) in [5.74, 6) is 0.829. The van der Waals surface area contributed by atoms with Crippen LogP contribution in [-0.2, 0) is 6.42 Å². The van der Waals surface area contributed by atoms with E-state index in [1.165, 1.54) is 0 Å². The van der Waals surface area contributed by atoms with E-state index in [4.69, 9.17) is 16.3 Å². The number of carbonyl (C=O) groups is 1. The molecule has 0 unspecified atom stereocenters. The number of carbonyl (C=O) groups excluding carboxylic acids is 1. The molecule has 0 saturated heterocycles. The topological polar surface area (TPSA) is 50.4 Å². The molecule has 0 aliphatic heterocycles. The lowest BCUT2D eigenvalue weighted by atomic mass is 10.1. The highest BCUT2D eigenvalue weighted by molar-refractivity contribution is 6.30. The molecular formula is C19H23ClN2O2. The largest absolute Gasteiger partial charge is 0.492 e. The number of urea groups is 1. The van der Waals surface area contributed by atoms with Crippen molar-refractivity contribution < 1.29 is 9.53 Å². The van der Waals surface area contributed by atoms with Crippen LogP contribution in [0.3, 0.4) is 0 Å². The van der Waals surface area contributed by atoms with Crippen LogP contribution in [0.1, 0.15) is 16.7 Å². The van der Waals surface area contributed by atoms with Gasteiger partial charge in [0.25, 0.3) is 0 Å². The second kappa shape index (κ2) is 9.18. The van der Waals surface area contributed by atoms with Crippen molar-refractivity contribution in [1.29, 1.82) is 0 Å². The molecule has 0 radical (unpaired) electrons. The van der Waals surface area contributed by atoms with E-state index in [-0.39, 0.29) is 6.03 Å². The summed E-state index contributed by atoms with van der Waals surface area (Å²) >= 11 is 5.93. The molecule has 128 valence electrons. The molecule has 0 aliphatic carbocycles. The Morgan fingerprint density at radius 2 is 1.75 bits per heavy atom. The van der Waals surface area contributed by atoms with E-state index in [2.05, 4.69) is 16.7 Å². The molecule has 0 aliphatic rings. The number of amides is 2. The van der Waals surface area contributed by atoms with Crippen LogP contribution in [-0.4, -0.2) is 25.7 Å². The molecule has 2 aromatic rings. The molecule has 0 spiro atoms. The molecule has 2 aromatic carbocycles. The number of aryl methyl sites for hydroxylation is 2. The smallest absolute Gasteiger partial charge is 0.314 e. The van der Waals surface area contributed by atoms with Crippen molar-refractivity contribution >= 4 is 17.6 Å². The molecule has 0 heterocycles. The molecule has 4 nitrogen and oxygen atoms in total. The van der Waals surface area contributed by atoms with Crippen LogP contribution in [0.25, 0.3) is 0 Å². The van der Waals surface area contributed by atoms with Gasteiger partial charge in [-0.2, -0.15) is 0 Å². The lowest BCUT2D eigenvalue weighted by molar-refractivity contribution is 0.236. The van der Waals surface area contributed by atoms with Gasteiger partial charge in [0.2, 0.25) is 0 Å². The summed E-state index contributed by atoms with van der Waals surface area (Å²) in [6.45, 7) is 5.52. The number of ether oxygens (including phenoxy) is 1. The maximum Gasteiger partial charge on any atom is 0.314 e. The van der Waals surface area contributed by atoms with Crippen molar-refractivity contribution in [3.63, 3.8) is 0 Å². The van der Waals surface area contributed by atoms with Gasteiger partial charge in [0.15, 0.2) is 0 Å². The Morgan fingerprint density at radius 1 is 1.04 bits per heavy atom. The maximum absolute atomic E-state index is 11.7. The zero-order valence-corrected chi connectivity index (χ0v) is 14.8. The van der Waals surface area contributed by atoms with Gasteiger partial charge in [0.05, 0.1) is 6.54 Å². The molecule has 0 saturated carbocycles. The highest BCUT2D eigenvalue weighted by atomic mass is 35.5. The predicted octanol–water partition coefficient (Wildman–Crippen LogP) is 3.88. The quantitative estimate of drug-likeness (QED) is 0.747. The first-order valence-electron chi connectivity index (χ1n) is 8.00. The minimum absolute atomic E-state index is 0.193. The van der Waals surface area contributed by atoms with E-state index in [1.807, 2.05) is 50.2 Å². The minimum atomic E-state index is -0.193. The Kier molecular flexibility index (Phi) is 6.94. The van der Waals surface area contributed by atoms with Gasteiger partial charge in [-0.15, -0.1) is 0 Å². The second-order valence-electron chi connectivity index (χ2n) is 5.73. The van der Waals surface area contributed by atoms with Gasteiger partial charge in [-0.1, -0.05) is 29.8 Å². The molecule has 0 bridgehead atoms. The Balaban J connectivity index is 1.61. The van der Waals surface area contributed by atoms with E-state index in [0.29, 0.717) is 24.7 Å². The van der Waals surface area contributed by atoms with E-state index < -0.39 is 0 Å². The van der Waals surface area contributed by atoms with Crippen molar-refractivity contribution in [3.05, 3.63) is 64.2 Å². The fraction of sp³-hybridized carbons (Fsp3) is 0.316. The average Bonchev–Trinajstić information content (AvgIpc) is 2.51. The molecule has 0 aromatic heterocycles. The Hall–Kier alpha value is -2.20. The summed E-state index contributed by atoms with van der Waals surface area (Å²) in [6, 6.07) is 13.5. The first kappa shape index (κ1) is 18.1. The number of benzene rings is 2. The van der Waals surface area contributed by atoms with Crippen LogP contribution in [0.15, 0.2) is 42.5 Å². The lowest BCUT2D eigenvalue weighted by Crippen LogP contribution is -2.38. The number of halogens is 1. The number of rotatable bonds is 7. The molecule has 24 heavy (non-hydrogen) atoms. The zero-order valence-electron chi connectivity index (χ0n) is 14.1. The average molecular weight is 347 g/mol. The van der Waals surface area contributed by atoms with E-state index >= 15 is 0 Å². The maximum atomic E-state index is 11.7. The third-order valence-electron chi connectivity index (χ3n) is 3.44. The van der Waals surface area contributed by atoms with E-state index in [9.17, 15) is 4.79 Å². The Labute approximate surface area is 148 Å². The predicted molar refractivity (Wildman–Crippen MR) is 98.0 cm³/mol. The molecule has 5 heteroatoms. The highest BCUT2D eigenvalue weighted by Gasteiger charge is 2.01. The minimum Gasteiger partial charge on any atom is -0.492 e. The van der Waals surface area contributed by atoms with Crippen LogP contribution in [0.5, 0.6) is 5.75 Å². The van der Waals surface area contributed by atoms with E-state index in [0.717, 1.165) is 28.9 Å². The van der Waals surface area contributed by atoms with Gasteiger partial charge in [-0.25, -0.2) is 4.79 Å². The van der Waals surface area contributed by atoms with Crippen LogP contribution in [0.4, 0.5) is 4.79 Å². The number of hydrogen-bond donors (Lipinski definition) is 2. The summed E-state index contributed by atoms with van der Waals surface area (Å²) in [7, 11) is 0. The van der Waals surface area contributed by atoms with Gasteiger partial charge in [0.1, 0.15) is 12.4 Å². The van der Waals surface area contributed by atoms with E-state index in [1.54, 1.807) is 0 Å². The standard InChI is InChI=1S/C19H23ClN2O2/c1-14-10-15(2)12-18(11-14)24-9-8-22-19(23)21-7-6-16-4-3-5-17(20)13-16/h3-5,10-13H,6-9H2,1-2H3,(H2,21,22,23). The Bertz CT molecular complexity index is 669. The number of nitrogens with one attached hydrogen (secondary N) is 2. The fourth-order valence-corrected chi connectivity index (χ4v) is 2.64. The van der Waals surface area contributed by atoms with Gasteiger partial charge in [-0.05, 0) is 61.2 Å². The molecule has 2 N–H and O–H groups in total. The van der Waals surface area contributed by atoms with Crippen molar-refractivity contribution in [2.45, 2.75) is 20.3 Å². The van der Waals surface area contributed by atoms with Crippen LogP contribution in [0, 0.1) is 13.8 Å². The highest BCUT2D eigenvalue weighted by Crippen LogP contribution is 2.15. The van der Waals surface area contributed by atoms with Crippen LogP contribution < -0.4 is 15.4 Å². The molecule has 0 atom stereocenters. The van der Waals surface area contributed by atoms with Gasteiger partial charge >= 0.3 is 6.03 Å². The molecule has 2 amide bonds. The van der Waals surface area contributed by atoms with Gasteiger partial charge < -0.3 is 15.4 Å². The SMILES string of the molecule is Cc1cc(C)cc(OCCNC(=O)NCCc2cccc(Cl)c2)c1. The normalized spacial score (nSPS) is 10.3. The zero-order chi connectivity index (χ0) is 17.4. The fourth-order valence-electron chi connectivity index (χ4n) is 2.43. The summed E-state index contributed by atoms with van der Waals surface area (Å²) in [4.78, 5) is 11.7.